The lowest BCUT2D eigenvalue weighted by molar-refractivity contribution is -0.385. The maximum Gasteiger partial charge on any atom is 0.311 e. The van der Waals surface area contributed by atoms with Gasteiger partial charge >= 0.3 is 5.69 Å². The Labute approximate surface area is 109 Å². The molecular formula is C12H13NO4S. The standard InChI is InChI=1S/C12H13NO4S/c1-17-11-3-2-8(6-10(11)13(15)16)12(14)9-4-5-18-7-9/h2-3,6,9H,4-5,7H2,1H3. The van der Waals surface area contributed by atoms with Crippen molar-refractivity contribution in [3.05, 3.63) is 33.9 Å². The van der Waals surface area contributed by atoms with Crippen molar-refractivity contribution in [1.82, 2.24) is 0 Å². The minimum Gasteiger partial charge on any atom is -0.490 e. The van der Waals surface area contributed by atoms with E-state index >= 15 is 0 Å². The number of thioether (sulfide) groups is 1. The van der Waals surface area contributed by atoms with Crippen LogP contribution >= 0.6 is 11.8 Å². The molecule has 0 N–H and O–H groups in total. The number of Topliss-reactive ketones (excluding diaryl/α,β-unsaturated/α-hetero) is 1. The number of hydrogen-bond acceptors (Lipinski definition) is 5. The number of carbonyl (C=O) groups is 1. The van der Waals surface area contributed by atoms with Gasteiger partial charge in [0.05, 0.1) is 12.0 Å². The van der Waals surface area contributed by atoms with Gasteiger partial charge in [-0.05, 0) is 24.3 Å². The quantitative estimate of drug-likeness (QED) is 0.476. The average molecular weight is 267 g/mol. The summed E-state index contributed by atoms with van der Waals surface area (Å²) in [6.45, 7) is 0. The highest BCUT2D eigenvalue weighted by molar-refractivity contribution is 7.99. The molecule has 1 saturated heterocycles. The van der Waals surface area contributed by atoms with Crippen LogP contribution in [0, 0.1) is 16.0 Å². The van der Waals surface area contributed by atoms with E-state index in [-0.39, 0.29) is 23.1 Å². The highest BCUT2D eigenvalue weighted by Gasteiger charge is 2.26. The number of benzene rings is 1. The van der Waals surface area contributed by atoms with E-state index in [0.29, 0.717) is 5.56 Å². The molecule has 0 bridgehead atoms. The first-order valence-corrected chi connectivity index (χ1v) is 6.73. The molecule has 5 nitrogen and oxygen atoms in total. The van der Waals surface area contributed by atoms with E-state index in [0.717, 1.165) is 17.9 Å². The predicted molar refractivity (Wildman–Crippen MR) is 69.4 cm³/mol. The minimum atomic E-state index is -0.529. The van der Waals surface area contributed by atoms with E-state index in [1.807, 2.05) is 0 Å². The van der Waals surface area contributed by atoms with Crippen molar-refractivity contribution in [1.29, 1.82) is 0 Å². The molecule has 1 unspecified atom stereocenters. The van der Waals surface area contributed by atoms with Gasteiger partial charge in [0.15, 0.2) is 11.5 Å². The molecule has 6 heteroatoms. The first kappa shape index (κ1) is 12.9. The number of nitrogens with zero attached hydrogens (tertiary/aromatic N) is 1. The second kappa shape index (κ2) is 5.39. The molecule has 0 aromatic heterocycles. The first-order chi connectivity index (χ1) is 8.63. The summed E-state index contributed by atoms with van der Waals surface area (Å²) in [5.41, 5.74) is 0.240. The van der Waals surface area contributed by atoms with Gasteiger partial charge in [-0.1, -0.05) is 0 Å². The third-order valence-electron chi connectivity index (χ3n) is 2.96. The van der Waals surface area contributed by atoms with E-state index in [9.17, 15) is 14.9 Å². The van der Waals surface area contributed by atoms with Gasteiger partial charge in [-0.2, -0.15) is 11.8 Å². The summed E-state index contributed by atoms with van der Waals surface area (Å²) in [4.78, 5) is 22.5. The van der Waals surface area contributed by atoms with Crippen LogP contribution in [0.5, 0.6) is 5.75 Å². The summed E-state index contributed by atoms with van der Waals surface area (Å²) >= 11 is 1.74. The van der Waals surface area contributed by atoms with Crippen molar-refractivity contribution in [2.75, 3.05) is 18.6 Å². The number of rotatable bonds is 4. The summed E-state index contributed by atoms with van der Waals surface area (Å²) in [6.07, 6.45) is 0.851. The maximum atomic E-state index is 12.1. The summed E-state index contributed by atoms with van der Waals surface area (Å²) in [7, 11) is 1.37. The van der Waals surface area contributed by atoms with Gasteiger partial charge in [-0.3, -0.25) is 14.9 Å². The van der Waals surface area contributed by atoms with Gasteiger partial charge in [0.1, 0.15) is 0 Å². The van der Waals surface area contributed by atoms with E-state index in [4.69, 9.17) is 4.74 Å². The molecular weight excluding hydrogens is 254 g/mol. The van der Waals surface area contributed by atoms with Crippen molar-refractivity contribution in [2.24, 2.45) is 5.92 Å². The molecule has 1 aromatic rings. The van der Waals surface area contributed by atoms with Crippen LogP contribution in [-0.4, -0.2) is 29.3 Å². The first-order valence-electron chi connectivity index (χ1n) is 5.58. The fraction of sp³-hybridized carbons (Fsp3) is 0.417. The molecule has 0 radical (unpaired) electrons. The Morgan fingerprint density at radius 2 is 2.33 bits per heavy atom. The smallest absolute Gasteiger partial charge is 0.311 e. The normalized spacial score (nSPS) is 18.6. The largest absolute Gasteiger partial charge is 0.490 e. The van der Waals surface area contributed by atoms with Gasteiger partial charge in [-0.25, -0.2) is 0 Å². The Bertz CT molecular complexity index is 483. The lowest BCUT2D eigenvalue weighted by atomic mass is 9.97. The van der Waals surface area contributed by atoms with Crippen LogP contribution in [0.3, 0.4) is 0 Å². The number of carbonyl (C=O) groups excluding carboxylic acids is 1. The van der Waals surface area contributed by atoms with Gasteiger partial charge in [0.25, 0.3) is 0 Å². The predicted octanol–water partition coefficient (Wildman–Crippen LogP) is 2.54. The molecule has 18 heavy (non-hydrogen) atoms. The Hall–Kier alpha value is -1.56. The van der Waals surface area contributed by atoms with Gasteiger partial charge in [0.2, 0.25) is 0 Å². The Balaban J connectivity index is 2.31. The van der Waals surface area contributed by atoms with Crippen LogP contribution in [0.25, 0.3) is 0 Å². The molecule has 0 saturated carbocycles. The molecule has 1 fully saturated rings. The molecule has 0 spiro atoms. The molecule has 1 aromatic carbocycles. The molecule has 1 aliphatic heterocycles. The summed E-state index contributed by atoms with van der Waals surface area (Å²) < 4.78 is 4.91. The number of ketones is 1. The lowest BCUT2D eigenvalue weighted by Gasteiger charge is -2.08. The Morgan fingerprint density at radius 3 is 2.89 bits per heavy atom. The van der Waals surface area contributed by atoms with Crippen LogP contribution in [0.15, 0.2) is 18.2 Å². The van der Waals surface area contributed by atoms with E-state index in [1.165, 1.54) is 19.2 Å². The highest BCUT2D eigenvalue weighted by atomic mass is 32.2. The van der Waals surface area contributed by atoms with Crippen molar-refractivity contribution >= 4 is 23.2 Å². The number of nitro groups is 1. The van der Waals surface area contributed by atoms with Crippen LogP contribution in [-0.2, 0) is 0 Å². The van der Waals surface area contributed by atoms with Crippen LogP contribution in [0.1, 0.15) is 16.8 Å². The number of ether oxygens (including phenoxy) is 1. The number of methoxy groups -OCH3 is 1. The minimum absolute atomic E-state index is 0.00856. The molecule has 0 aliphatic carbocycles. The lowest BCUT2D eigenvalue weighted by Crippen LogP contribution is -2.14. The van der Waals surface area contributed by atoms with Crippen LogP contribution < -0.4 is 4.74 Å². The summed E-state index contributed by atoms with van der Waals surface area (Å²) in [5.74, 6) is 1.94. The molecule has 1 heterocycles. The third-order valence-corrected chi connectivity index (χ3v) is 4.12. The third kappa shape index (κ3) is 2.48. The van der Waals surface area contributed by atoms with Gasteiger partial charge < -0.3 is 4.74 Å². The zero-order chi connectivity index (χ0) is 13.1. The monoisotopic (exact) mass is 267 g/mol. The van der Waals surface area contributed by atoms with Crippen molar-refractivity contribution in [2.45, 2.75) is 6.42 Å². The zero-order valence-corrected chi connectivity index (χ0v) is 10.7. The second-order valence-corrected chi connectivity index (χ2v) is 5.22. The topological polar surface area (TPSA) is 69.4 Å². The van der Waals surface area contributed by atoms with E-state index < -0.39 is 4.92 Å². The molecule has 2 rings (SSSR count). The molecule has 0 amide bonds. The van der Waals surface area contributed by atoms with Crippen molar-refractivity contribution in [3.63, 3.8) is 0 Å². The molecule has 1 atom stereocenters. The zero-order valence-electron chi connectivity index (χ0n) is 9.92. The molecule has 96 valence electrons. The average Bonchev–Trinajstić information content (AvgIpc) is 2.90. The van der Waals surface area contributed by atoms with Crippen molar-refractivity contribution in [3.8, 4) is 5.75 Å². The second-order valence-electron chi connectivity index (χ2n) is 4.07. The number of nitro benzene ring substituents is 1. The summed E-state index contributed by atoms with van der Waals surface area (Å²) in [5, 5.41) is 10.9. The SMILES string of the molecule is COc1ccc(C(=O)C2CCSC2)cc1[N+](=O)[O-]. The Kier molecular flexibility index (Phi) is 3.86. The van der Waals surface area contributed by atoms with Crippen molar-refractivity contribution < 1.29 is 14.5 Å². The summed E-state index contributed by atoms with van der Waals surface area (Å²) in [6, 6.07) is 4.38. The maximum absolute atomic E-state index is 12.1. The Morgan fingerprint density at radius 1 is 1.56 bits per heavy atom. The van der Waals surface area contributed by atoms with Crippen LogP contribution in [0.2, 0.25) is 0 Å². The highest BCUT2D eigenvalue weighted by Crippen LogP contribution is 2.31. The van der Waals surface area contributed by atoms with E-state index in [1.54, 1.807) is 17.8 Å². The fourth-order valence-electron chi connectivity index (χ4n) is 1.96. The fourth-order valence-corrected chi connectivity index (χ4v) is 3.18. The number of hydrogen-bond donors (Lipinski definition) is 0. The van der Waals surface area contributed by atoms with Crippen LogP contribution in [0.4, 0.5) is 5.69 Å². The molecule has 1 aliphatic rings. The van der Waals surface area contributed by atoms with E-state index in [2.05, 4.69) is 0 Å². The van der Waals surface area contributed by atoms with Gasteiger partial charge in [0, 0.05) is 23.3 Å². The van der Waals surface area contributed by atoms with Gasteiger partial charge in [-0.15, -0.1) is 0 Å².